The molecule has 10 heteroatoms. The highest BCUT2D eigenvalue weighted by Gasteiger charge is 2.26. The molecule has 34 heavy (non-hydrogen) atoms. The van der Waals surface area contributed by atoms with Gasteiger partial charge < -0.3 is 14.2 Å². The summed E-state index contributed by atoms with van der Waals surface area (Å²) in [6, 6.07) is 13.6. The minimum atomic E-state index is -3.87. The first-order valence-corrected chi connectivity index (χ1v) is 11.9. The van der Waals surface area contributed by atoms with E-state index in [-0.39, 0.29) is 28.2 Å². The van der Waals surface area contributed by atoms with E-state index in [1.165, 1.54) is 26.5 Å². The van der Waals surface area contributed by atoms with E-state index in [0.29, 0.717) is 17.1 Å². The third-order valence-corrected chi connectivity index (χ3v) is 6.38. The van der Waals surface area contributed by atoms with Crippen molar-refractivity contribution in [3.8, 4) is 34.5 Å². The molecule has 3 heterocycles. The molecule has 3 aromatic heterocycles. The highest BCUT2D eigenvalue weighted by atomic mass is 32.2. The van der Waals surface area contributed by atoms with Crippen molar-refractivity contribution in [1.82, 2.24) is 19.9 Å². The van der Waals surface area contributed by atoms with Crippen molar-refractivity contribution in [1.29, 1.82) is 0 Å². The van der Waals surface area contributed by atoms with E-state index >= 15 is 0 Å². The zero-order chi connectivity index (χ0) is 24.1. The molecule has 0 radical (unpaired) electrons. The first-order chi connectivity index (χ1) is 16.4. The Bertz CT molecular complexity index is 1400. The Balaban J connectivity index is 1.86. The first kappa shape index (κ1) is 23.1. The molecule has 4 aromatic rings. The molecule has 0 bridgehead atoms. The first-order valence-electron chi connectivity index (χ1n) is 10.2. The summed E-state index contributed by atoms with van der Waals surface area (Å²) < 4.78 is 43.4. The average Bonchev–Trinajstić information content (AvgIpc) is 2.85. The Kier molecular flexibility index (Phi) is 6.69. The fourth-order valence-electron chi connectivity index (χ4n) is 3.15. The standard InChI is InChI=1S/C24H22N4O5S/c1-16-8-9-21(26-14-16)34(29,30)15-18-22(33-20-7-5-4-6-19(20)31-2)24(32-3)28-23(27-18)17-10-12-25-13-11-17/h4-14H,15H2,1-3H3. The Labute approximate surface area is 197 Å². The number of methoxy groups -OCH3 is 2. The maximum Gasteiger partial charge on any atom is 0.261 e. The van der Waals surface area contributed by atoms with Gasteiger partial charge in [-0.1, -0.05) is 18.2 Å². The topological polar surface area (TPSA) is 113 Å². The number of pyridine rings is 2. The molecule has 0 atom stereocenters. The number of hydrogen-bond acceptors (Lipinski definition) is 9. The molecule has 4 rings (SSSR count). The van der Waals surface area contributed by atoms with Crippen LogP contribution < -0.4 is 14.2 Å². The van der Waals surface area contributed by atoms with Gasteiger partial charge in [-0.3, -0.25) is 4.98 Å². The summed E-state index contributed by atoms with van der Waals surface area (Å²) >= 11 is 0. The molecule has 1 aromatic carbocycles. The Morgan fingerprint density at radius 1 is 0.882 bits per heavy atom. The molecular formula is C24H22N4O5S. The van der Waals surface area contributed by atoms with Crippen LogP contribution in [0.15, 0.2) is 72.1 Å². The van der Waals surface area contributed by atoms with E-state index in [4.69, 9.17) is 14.2 Å². The van der Waals surface area contributed by atoms with E-state index in [2.05, 4.69) is 19.9 Å². The number of aryl methyl sites for hydroxylation is 1. The second-order valence-corrected chi connectivity index (χ2v) is 9.19. The van der Waals surface area contributed by atoms with E-state index in [1.807, 2.05) is 6.92 Å². The number of sulfone groups is 1. The van der Waals surface area contributed by atoms with Gasteiger partial charge in [0.15, 0.2) is 22.3 Å². The van der Waals surface area contributed by atoms with E-state index < -0.39 is 15.6 Å². The largest absolute Gasteiger partial charge is 0.493 e. The van der Waals surface area contributed by atoms with Gasteiger partial charge in [0.1, 0.15) is 11.4 Å². The monoisotopic (exact) mass is 478 g/mol. The molecule has 0 aliphatic heterocycles. The average molecular weight is 479 g/mol. The van der Waals surface area contributed by atoms with Crippen LogP contribution in [0.5, 0.6) is 23.1 Å². The fraction of sp³-hybridized carbons (Fsp3) is 0.167. The minimum Gasteiger partial charge on any atom is -0.493 e. The van der Waals surface area contributed by atoms with E-state index in [0.717, 1.165) is 5.56 Å². The lowest BCUT2D eigenvalue weighted by Crippen LogP contribution is -2.11. The molecule has 0 amide bonds. The van der Waals surface area contributed by atoms with Crippen LogP contribution in [-0.2, 0) is 15.6 Å². The molecule has 0 spiro atoms. The quantitative estimate of drug-likeness (QED) is 0.370. The molecule has 0 N–H and O–H groups in total. The van der Waals surface area contributed by atoms with Crippen LogP contribution in [0.1, 0.15) is 11.3 Å². The Morgan fingerprint density at radius 2 is 1.62 bits per heavy atom. The number of aromatic nitrogens is 4. The molecule has 0 aliphatic rings. The van der Waals surface area contributed by atoms with Gasteiger partial charge in [0, 0.05) is 24.2 Å². The lowest BCUT2D eigenvalue weighted by molar-refractivity contribution is 0.344. The van der Waals surface area contributed by atoms with Crippen LogP contribution in [-0.4, -0.2) is 42.6 Å². The zero-order valence-electron chi connectivity index (χ0n) is 18.8. The number of ether oxygens (including phenoxy) is 3. The van der Waals surface area contributed by atoms with Gasteiger partial charge in [0.2, 0.25) is 15.6 Å². The summed E-state index contributed by atoms with van der Waals surface area (Å²) in [4.78, 5) is 17.1. The van der Waals surface area contributed by atoms with Crippen molar-refractivity contribution < 1.29 is 22.6 Å². The summed E-state index contributed by atoms with van der Waals surface area (Å²) in [6.45, 7) is 1.83. The van der Waals surface area contributed by atoms with Gasteiger partial charge in [0.05, 0.1) is 14.2 Å². The SMILES string of the molecule is COc1ccccc1Oc1c(CS(=O)(=O)c2ccc(C)cn2)nc(-c2ccncc2)nc1OC. The molecule has 0 aliphatic carbocycles. The van der Waals surface area contributed by atoms with Gasteiger partial charge in [0.25, 0.3) is 5.88 Å². The highest BCUT2D eigenvalue weighted by molar-refractivity contribution is 7.90. The third kappa shape index (κ3) is 4.96. The van der Waals surface area contributed by atoms with Gasteiger partial charge in [-0.25, -0.2) is 18.4 Å². The van der Waals surface area contributed by atoms with Crippen molar-refractivity contribution in [3.63, 3.8) is 0 Å². The third-order valence-electron chi connectivity index (χ3n) is 4.85. The minimum absolute atomic E-state index is 0.0654. The molecular weight excluding hydrogens is 456 g/mol. The second kappa shape index (κ2) is 9.84. The van der Waals surface area contributed by atoms with Gasteiger partial charge >= 0.3 is 0 Å². The van der Waals surface area contributed by atoms with Crippen LogP contribution in [0.3, 0.4) is 0 Å². The van der Waals surface area contributed by atoms with Gasteiger partial charge in [-0.15, -0.1) is 0 Å². The number of benzene rings is 1. The lowest BCUT2D eigenvalue weighted by atomic mass is 10.2. The zero-order valence-corrected chi connectivity index (χ0v) is 19.6. The predicted octanol–water partition coefficient (Wildman–Crippen LogP) is 4.03. The Hall–Kier alpha value is -4.05. The second-order valence-electron chi connectivity index (χ2n) is 7.25. The lowest BCUT2D eigenvalue weighted by Gasteiger charge is -2.16. The van der Waals surface area contributed by atoms with Crippen molar-refractivity contribution in [3.05, 3.63) is 78.4 Å². The number of nitrogens with zero attached hydrogens (tertiary/aromatic N) is 4. The molecule has 0 saturated carbocycles. The van der Waals surface area contributed by atoms with Crippen LogP contribution in [0.2, 0.25) is 0 Å². The summed E-state index contributed by atoms with van der Waals surface area (Å²) in [5.74, 6) is 0.751. The van der Waals surface area contributed by atoms with Gasteiger partial charge in [-0.2, -0.15) is 4.98 Å². The van der Waals surface area contributed by atoms with Crippen molar-refractivity contribution in [2.24, 2.45) is 0 Å². The predicted molar refractivity (Wildman–Crippen MR) is 125 cm³/mol. The molecule has 0 unspecified atom stereocenters. The number of para-hydroxylation sites is 2. The van der Waals surface area contributed by atoms with Crippen LogP contribution >= 0.6 is 0 Å². The molecule has 9 nitrogen and oxygen atoms in total. The van der Waals surface area contributed by atoms with Crippen LogP contribution in [0, 0.1) is 6.92 Å². The maximum atomic E-state index is 13.2. The Morgan fingerprint density at radius 3 is 2.26 bits per heavy atom. The van der Waals surface area contributed by atoms with Crippen LogP contribution in [0.4, 0.5) is 0 Å². The summed E-state index contributed by atoms with van der Waals surface area (Å²) in [5.41, 5.74) is 1.61. The molecule has 174 valence electrons. The maximum absolute atomic E-state index is 13.2. The number of hydrogen-bond donors (Lipinski definition) is 0. The fourth-order valence-corrected chi connectivity index (χ4v) is 4.34. The summed E-state index contributed by atoms with van der Waals surface area (Å²) in [6.07, 6.45) is 4.69. The molecule has 0 saturated heterocycles. The van der Waals surface area contributed by atoms with E-state index in [9.17, 15) is 8.42 Å². The highest BCUT2D eigenvalue weighted by Crippen LogP contribution is 2.39. The smallest absolute Gasteiger partial charge is 0.261 e. The summed E-state index contributed by atoms with van der Waals surface area (Å²) in [7, 11) is -0.930. The van der Waals surface area contributed by atoms with Crippen molar-refractivity contribution in [2.45, 2.75) is 17.7 Å². The normalized spacial score (nSPS) is 11.1. The molecule has 0 fully saturated rings. The number of rotatable bonds is 8. The van der Waals surface area contributed by atoms with E-state index in [1.54, 1.807) is 54.9 Å². The van der Waals surface area contributed by atoms with Crippen molar-refractivity contribution in [2.75, 3.05) is 14.2 Å². The van der Waals surface area contributed by atoms with Gasteiger partial charge in [-0.05, 0) is 42.8 Å². The summed E-state index contributed by atoms with van der Waals surface area (Å²) in [5, 5.41) is -0.0654. The van der Waals surface area contributed by atoms with Crippen molar-refractivity contribution >= 4 is 9.84 Å². The van der Waals surface area contributed by atoms with Crippen LogP contribution in [0.25, 0.3) is 11.4 Å².